The average molecular weight is 290 g/mol. The Morgan fingerprint density at radius 1 is 1.29 bits per heavy atom. The van der Waals surface area contributed by atoms with Gasteiger partial charge in [-0.15, -0.1) is 0 Å². The molecule has 4 heteroatoms. The highest BCUT2D eigenvalue weighted by Crippen LogP contribution is 2.29. The van der Waals surface area contributed by atoms with Gasteiger partial charge in [0.05, 0.1) is 18.8 Å². The van der Waals surface area contributed by atoms with Crippen LogP contribution in [0.1, 0.15) is 24.8 Å². The predicted molar refractivity (Wildman–Crippen MR) is 83.1 cm³/mol. The Bertz CT molecular complexity index is 440. The van der Waals surface area contributed by atoms with Crippen LogP contribution in [-0.2, 0) is 11.2 Å². The number of hydrogen-bond acceptors (Lipinski definition) is 4. The third-order valence-corrected chi connectivity index (χ3v) is 4.83. The fourth-order valence-electron chi connectivity index (χ4n) is 3.63. The molecule has 0 radical (unpaired) electrons. The quantitative estimate of drug-likeness (QED) is 0.855. The number of fused-ring (bicyclic) bond motifs is 1. The first-order valence-corrected chi connectivity index (χ1v) is 8.07. The van der Waals surface area contributed by atoms with Crippen molar-refractivity contribution in [3.05, 3.63) is 35.9 Å². The standard InChI is InChI=1S/C17H26N2O2/c18-14(11-13-5-2-1-3-6-13)16(20)12-19-9-10-21-17-8-4-7-15(17)19/h1-3,5-6,14-17,20H,4,7-12,18H2. The normalized spacial score (nSPS) is 29.0. The lowest BCUT2D eigenvalue weighted by Gasteiger charge is -2.39. The van der Waals surface area contributed by atoms with Gasteiger partial charge in [-0.25, -0.2) is 0 Å². The van der Waals surface area contributed by atoms with Crippen molar-refractivity contribution in [1.82, 2.24) is 4.90 Å². The number of rotatable bonds is 5. The molecule has 1 aromatic carbocycles. The summed E-state index contributed by atoms with van der Waals surface area (Å²) in [7, 11) is 0. The van der Waals surface area contributed by atoms with Crippen molar-refractivity contribution < 1.29 is 9.84 Å². The number of ether oxygens (including phenoxy) is 1. The molecule has 1 heterocycles. The second-order valence-corrected chi connectivity index (χ2v) is 6.32. The van der Waals surface area contributed by atoms with Gasteiger partial charge in [0.1, 0.15) is 0 Å². The number of aliphatic hydroxyl groups is 1. The van der Waals surface area contributed by atoms with Gasteiger partial charge in [-0.05, 0) is 31.2 Å². The van der Waals surface area contributed by atoms with Crippen LogP contribution in [0.15, 0.2) is 30.3 Å². The number of nitrogens with two attached hydrogens (primary N) is 1. The van der Waals surface area contributed by atoms with Crippen LogP contribution in [-0.4, -0.2) is 54.0 Å². The molecule has 3 rings (SSSR count). The van der Waals surface area contributed by atoms with Crippen LogP contribution in [0.25, 0.3) is 0 Å². The Balaban J connectivity index is 1.54. The van der Waals surface area contributed by atoms with Gasteiger partial charge in [0.15, 0.2) is 0 Å². The molecule has 4 unspecified atom stereocenters. The molecule has 4 nitrogen and oxygen atoms in total. The highest BCUT2D eigenvalue weighted by atomic mass is 16.5. The van der Waals surface area contributed by atoms with E-state index in [0.29, 0.717) is 18.7 Å². The van der Waals surface area contributed by atoms with Crippen LogP contribution in [0, 0.1) is 0 Å². The smallest absolute Gasteiger partial charge is 0.0821 e. The summed E-state index contributed by atoms with van der Waals surface area (Å²) in [5.41, 5.74) is 7.38. The largest absolute Gasteiger partial charge is 0.390 e. The molecule has 0 bridgehead atoms. The first kappa shape index (κ1) is 15.0. The molecule has 1 aliphatic carbocycles. The van der Waals surface area contributed by atoms with Crippen molar-refractivity contribution in [2.24, 2.45) is 5.73 Å². The topological polar surface area (TPSA) is 58.7 Å². The molecule has 0 amide bonds. The maximum atomic E-state index is 10.4. The van der Waals surface area contributed by atoms with Gasteiger partial charge in [-0.2, -0.15) is 0 Å². The molecule has 0 aromatic heterocycles. The van der Waals surface area contributed by atoms with Gasteiger partial charge in [0.25, 0.3) is 0 Å². The van der Waals surface area contributed by atoms with Crippen LogP contribution in [0.4, 0.5) is 0 Å². The molecule has 3 N–H and O–H groups in total. The number of β-amino-alcohol motifs (C(OH)–C–C–N with tert-alkyl or cyclic N) is 1. The second-order valence-electron chi connectivity index (χ2n) is 6.32. The highest BCUT2D eigenvalue weighted by molar-refractivity contribution is 5.16. The molecule has 1 aliphatic heterocycles. The summed E-state index contributed by atoms with van der Waals surface area (Å²) >= 11 is 0. The first-order valence-electron chi connectivity index (χ1n) is 8.07. The van der Waals surface area contributed by atoms with E-state index in [1.807, 2.05) is 18.2 Å². The molecule has 2 aliphatic rings. The van der Waals surface area contributed by atoms with E-state index >= 15 is 0 Å². The van der Waals surface area contributed by atoms with Gasteiger partial charge in [0, 0.05) is 25.2 Å². The summed E-state index contributed by atoms with van der Waals surface area (Å²) in [6.07, 6.45) is 4.19. The van der Waals surface area contributed by atoms with Gasteiger partial charge < -0.3 is 15.6 Å². The number of nitrogens with zero attached hydrogens (tertiary/aromatic N) is 1. The van der Waals surface area contributed by atoms with E-state index in [4.69, 9.17) is 10.5 Å². The number of aliphatic hydroxyl groups excluding tert-OH is 1. The summed E-state index contributed by atoms with van der Waals surface area (Å²) in [5.74, 6) is 0. The average Bonchev–Trinajstić information content (AvgIpc) is 2.98. The SMILES string of the molecule is NC(Cc1ccccc1)C(O)CN1CCOC2CCCC21. The Labute approximate surface area is 126 Å². The molecule has 2 fully saturated rings. The molecule has 4 atom stereocenters. The van der Waals surface area contributed by atoms with Crippen LogP contribution < -0.4 is 5.73 Å². The highest BCUT2D eigenvalue weighted by Gasteiger charge is 2.37. The maximum absolute atomic E-state index is 10.4. The third kappa shape index (κ3) is 3.64. The Morgan fingerprint density at radius 3 is 2.90 bits per heavy atom. The Kier molecular flexibility index (Phi) is 4.91. The number of benzene rings is 1. The van der Waals surface area contributed by atoms with Crippen molar-refractivity contribution in [2.45, 2.75) is 50.0 Å². The summed E-state index contributed by atoms with van der Waals surface area (Å²) in [6, 6.07) is 10.4. The molecular weight excluding hydrogens is 264 g/mol. The lowest BCUT2D eigenvalue weighted by atomic mass is 10.0. The van der Waals surface area contributed by atoms with Gasteiger partial charge >= 0.3 is 0 Å². The molecular formula is C17H26N2O2. The monoisotopic (exact) mass is 290 g/mol. The molecule has 1 aromatic rings. The number of hydrogen-bond donors (Lipinski definition) is 2. The summed E-state index contributed by atoms with van der Waals surface area (Å²) in [4.78, 5) is 2.39. The van der Waals surface area contributed by atoms with Gasteiger partial charge in [-0.3, -0.25) is 4.90 Å². The minimum absolute atomic E-state index is 0.213. The minimum atomic E-state index is -0.482. The van der Waals surface area contributed by atoms with Crippen molar-refractivity contribution in [3.63, 3.8) is 0 Å². The van der Waals surface area contributed by atoms with E-state index in [9.17, 15) is 5.11 Å². The van der Waals surface area contributed by atoms with Crippen LogP contribution in [0.3, 0.4) is 0 Å². The van der Waals surface area contributed by atoms with Gasteiger partial charge in [0.2, 0.25) is 0 Å². The summed E-state index contributed by atoms with van der Waals surface area (Å²) in [5, 5.41) is 10.4. The van der Waals surface area contributed by atoms with E-state index in [2.05, 4.69) is 17.0 Å². The van der Waals surface area contributed by atoms with Crippen molar-refractivity contribution in [1.29, 1.82) is 0 Å². The van der Waals surface area contributed by atoms with Crippen molar-refractivity contribution in [2.75, 3.05) is 19.7 Å². The molecule has 1 saturated carbocycles. The van der Waals surface area contributed by atoms with Crippen molar-refractivity contribution in [3.8, 4) is 0 Å². The van der Waals surface area contributed by atoms with E-state index in [0.717, 1.165) is 26.0 Å². The number of morpholine rings is 1. The van der Waals surface area contributed by atoms with Crippen LogP contribution in [0.2, 0.25) is 0 Å². The fraction of sp³-hybridized carbons (Fsp3) is 0.647. The zero-order chi connectivity index (χ0) is 14.7. The third-order valence-electron chi connectivity index (χ3n) is 4.83. The van der Waals surface area contributed by atoms with Crippen molar-refractivity contribution >= 4 is 0 Å². The van der Waals surface area contributed by atoms with E-state index in [-0.39, 0.29) is 6.04 Å². The van der Waals surface area contributed by atoms with Crippen LogP contribution >= 0.6 is 0 Å². The van der Waals surface area contributed by atoms with E-state index in [1.54, 1.807) is 0 Å². The first-order chi connectivity index (χ1) is 10.2. The van der Waals surface area contributed by atoms with E-state index < -0.39 is 6.10 Å². The zero-order valence-corrected chi connectivity index (χ0v) is 12.5. The summed E-state index contributed by atoms with van der Waals surface area (Å²) < 4.78 is 5.82. The van der Waals surface area contributed by atoms with Crippen LogP contribution in [0.5, 0.6) is 0 Å². The maximum Gasteiger partial charge on any atom is 0.0821 e. The fourth-order valence-corrected chi connectivity index (χ4v) is 3.63. The zero-order valence-electron chi connectivity index (χ0n) is 12.5. The molecule has 116 valence electrons. The predicted octanol–water partition coefficient (Wildman–Crippen LogP) is 1.17. The molecule has 1 saturated heterocycles. The molecule has 0 spiro atoms. The Morgan fingerprint density at radius 2 is 2.10 bits per heavy atom. The summed E-state index contributed by atoms with van der Waals surface area (Å²) in [6.45, 7) is 2.36. The Hall–Kier alpha value is -0.940. The van der Waals surface area contributed by atoms with Gasteiger partial charge in [-0.1, -0.05) is 30.3 Å². The lowest BCUT2D eigenvalue weighted by molar-refractivity contribution is -0.0690. The van der Waals surface area contributed by atoms with E-state index in [1.165, 1.54) is 18.4 Å². The minimum Gasteiger partial charge on any atom is -0.390 e. The molecule has 21 heavy (non-hydrogen) atoms. The lowest BCUT2D eigenvalue weighted by Crippen LogP contribution is -2.53. The second kappa shape index (κ2) is 6.88.